The highest BCUT2D eigenvalue weighted by Crippen LogP contribution is 2.36. The Balaban J connectivity index is 1.64. The monoisotopic (exact) mass is 482 g/mol. The van der Waals surface area contributed by atoms with Crippen LogP contribution in [-0.2, 0) is 15.6 Å². The lowest BCUT2D eigenvalue weighted by atomic mass is 10.1. The fraction of sp³-hybridized carbons (Fsp3) is 0.350. The van der Waals surface area contributed by atoms with Gasteiger partial charge in [-0.1, -0.05) is 39.8 Å². The average molecular weight is 483 g/mol. The topological polar surface area (TPSA) is 49.7 Å². The molecule has 4 rings (SSSR count). The maximum atomic E-state index is 14.2. The first-order chi connectivity index (χ1) is 13.2. The van der Waals surface area contributed by atoms with Crippen molar-refractivity contribution >= 4 is 48.4 Å². The van der Waals surface area contributed by atoms with Crippen LogP contribution in [0.4, 0.5) is 10.1 Å². The minimum Gasteiger partial charge on any atom is -0.315 e. The first-order valence-corrected chi connectivity index (χ1v) is 12.5. The molecule has 8 heteroatoms. The number of anilines is 1. The van der Waals surface area contributed by atoms with E-state index in [0.717, 1.165) is 16.4 Å². The van der Waals surface area contributed by atoms with E-state index in [1.165, 1.54) is 23.4 Å². The molecule has 1 fully saturated rings. The fourth-order valence-corrected chi connectivity index (χ4v) is 6.88. The Hall–Kier alpha value is -1.38. The van der Waals surface area contributed by atoms with E-state index < -0.39 is 9.84 Å². The van der Waals surface area contributed by atoms with Crippen LogP contribution >= 0.6 is 27.7 Å². The lowest BCUT2D eigenvalue weighted by Crippen LogP contribution is -2.39. The molecule has 0 unspecified atom stereocenters. The zero-order valence-corrected chi connectivity index (χ0v) is 18.7. The number of rotatable bonds is 3. The van der Waals surface area contributed by atoms with Crippen molar-refractivity contribution in [3.8, 4) is 0 Å². The van der Waals surface area contributed by atoms with Gasteiger partial charge in [0, 0.05) is 15.9 Å². The van der Waals surface area contributed by atoms with E-state index >= 15 is 0 Å². The molecule has 2 heterocycles. The normalized spacial score (nSPS) is 23.0. The van der Waals surface area contributed by atoms with Gasteiger partial charge >= 0.3 is 0 Å². The average Bonchev–Trinajstić information content (AvgIpc) is 3.08. The molecule has 148 valence electrons. The highest BCUT2D eigenvalue weighted by atomic mass is 79.9. The number of fused-ring (bicyclic) bond motifs is 1. The zero-order valence-electron chi connectivity index (χ0n) is 15.5. The van der Waals surface area contributed by atoms with Crippen LogP contribution in [0.2, 0.25) is 0 Å². The molecule has 0 spiro atoms. The number of benzene rings is 2. The third-order valence-corrected chi connectivity index (χ3v) is 8.46. The van der Waals surface area contributed by atoms with Gasteiger partial charge in [0.15, 0.2) is 15.0 Å². The second kappa shape index (κ2) is 7.46. The van der Waals surface area contributed by atoms with Crippen molar-refractivity contribution in [2.75, 3.05) is 16.4 Å². The maximum absolute atomic E-state index is 14.2. The summed E-state index contributed by atoms with van der Waals surface area (Å²) < 4.78 is 39.2. The Kier molecular flexibility index (Phi) is 5.31. The summed E-state index contributed by atoms with van der Waals surface area (Å²) in [6.45, 7) is 4.09. The number of halogens is 2. The lowest BCUT2D eigenvalue weighted by molar-refractivity contribution is 0.601. The maximum Gasteiger partial charge on any atom is 0.164 e. The summed E-state index contributed by atoms with van der Waals surface area (Å²) >= 11 is 4.73. The molecule has 28 heavy (non-hydrogen) atoms. The van der Waals surface area contributed by atoms with Crippen LogP contribution in [0.25, 0.3) is 0 Å². The summed E-state index contributed by atoms with van der Waals surface area (Å²) in [6.07, 6.45) is 0. The number of amidine groups is 1. The second-order valence-corrected chi connectivity index (χ2v) is 11.3. The molecular formula is C20H20BrFN2O2S2. The van der Waals surface area contributed by atoms with E-state index in [0.29, 0.717) is 15.8 Å². The van der Waals surface area contributed by atoms with Gasteiger partial charge in [0.25, 0.3) is 0 Å². The third kappa shape index (κ3) is 3.86. The van der Waals surface area contributed by atoms with Crippen molar-refractivity contribution in [2.24, 2.45) is 4.99 Å². The Morgan fingerprint density at radius 3 is 2.68 bits per heavy atom. The van der Waals surface area contributed by atoms with Gasteiger partial charge in [0.2, 0.25) is 0 Å². The lowest BCUT2D eigenvalue weighted by Gasteiger charge is -2.27. The molecule has 0 N–H and O–H groups in total. The van der Waals surface area contributed by atoms with Crippen LogP contribution in [0.5, 0.6) is 0 Å². The van der Waals surface area contributed by atoms with E-state index in [1.54, 1.807) is 6.07 Å². The second-order valence-electron chi connectivity index (χ2n) is 7.29. The van der Waals surface area contributed by atoms with E-state index in [-0.39, 0.29) is 29.4 Å². The summed E-state index contributed by atoms with van der Waals surface area (Å²) in [7, 11) is -3.09. The minimum absolute atomic E-state index is 0.0791. The van der Waals surface area contributed by atoms with Gasteiger partial charge in [0.1, 0.15) is 5.82 Å². The highest BCUT2D eigenvalue weighted by molar-refractivity contribution is 9.10. The molecule has 2 aliphatic heterocycles. The van der Waals surface area contributed by atoms with Crippen molar-refractivity contribution in [3.05, 3.63) is 63.4 Å². The van der Waals surface area contributed by atoms with Crippen LogP contribution in [-0.4, -0.2) is 37.2 Å². The van der Waals surface area contributed by atoms with Crippen molar-refractivity contribution in [1.29, 1.82) is 0 Å². The van der Waals surface area contributed by atoms with Crippen LogP contribution < -0.4 is 4.90 Å². The van der Waals surface area contributed by atoms with Gasteiger partial charge in [-0.05, 0) is 54.8 Å². The predicted molar refractivity (Wildman–Crippen MR) is 117 cm³/mol. The highest BCUT2D eigenvalue weighted by Gasteiger charge is 2.47. The first-order valence-electron chi connectivity index (χ1n) is 8.95. The van der Waals surface area contributed by atoms with Crippen molar-refractivity contribution in [2.45, 2.75) is 31.7 Å². The van der Waals surface area contributed by atoms with E-state index in [2.05, 4.69) is 22.0 Å². The van der Waals surface area contributed by atoms with Crippen LogP contribution in [0.15, 0.2) is 45.9 Å². The molecule has 0 saturated carbocycles. The number of hydrogen-bond acceptors (Lipinski definition) is 5. The molecule has 0 aromatic heterocycles. The Bertz CT molecular complexity index is 1070. The summed E-state index contributed by atoms with van der Waals surface area (Å²) in [4.78, 5) is 6.74. The van der Waals surface area contributed by atoms with E-state index in [4.69, 9.17) is 4.99 Å². The van der Waals surface area contributed by atoms with Gasteiger partial charge in [-0.25, -0.2) is 12.8 Å². The SMILES string of the molecule is Cc1ccc(N2C(SCc3ccc(Br)cc3F)=N[C@H]3CS(=O)(=O)C[C@@H]32)cc1C. The van der Waals surface area contributed by atoms with Gasteiger partial charge in [0.05, 0.1) is 23.6 Å². The molecule has 1 saturated heterocycles. The molecule has 2 aromatic carbocycles. The number of hydrogen-bond donors (Lipinski definition) is 0. The van der Waals surface area contributed by atoms with Crippen molar-refractivity contribution in [1.82, 2.24) is 0 Å². The largest absolute Gasteiger partial charge is 0.315 e. The van der Waals surface area contributed by atoms with Crippen molar-refractivity contribution < 1.29 is 12.8 Å². The summed E-state index contributed by atoms with van der Waals surface area (Å²) in [5.74, 6) is 0.354. The molecule has 0 amide bonds. The Labute approximate surface area is 177 Å². The molecule has 0 radical (unpaired) electrons. The third-order valence-electron chi connectivity index (χ3n) is 5.25. The van der Waals surface area contributed by atoms with Crippen LogP contribution in [0, 0.1) is 19.7 Å². The van der Waals surface area contributed by atoms with Crippen molar-refractivity contribution in [3.63, 3.8) is 0 Å². The smallest absolute Gasteiger partial charge is 0.164 e. The zero-order chi connectivity index (χ0) is 20.1. The predicted octanol–water partition coefficient (Wildman–Crippen LogP) is 4.48. The molecular weight excluding hydrogens is 463 g/mol. The number of sulfone groups is 1. The van der Waals surface area contributed by atoms with Gasteiger partial charge in [-0.3, -0.25) is 4.99 Å². The molecule has 4 nitrogen and oxygen atoms in total. The Morgan fingerprint density at radius 1 is 1.18 bits per heavy atom. The van der Waals surface area contributed by atoms with E-state index in [1.807, 2.05) is 36.9 Å². The van der Waals surface area contributed by atoms with Crippen LogP contribution in [0.1, 0.15) is 16.7 Å². The summed E-state index contributed by atoms with van der Waals surface area (Å²) in [5, 5.41) is 0.760. The van der Waals surface area contributed by atoms with Gasteiger partial charge < -0.3 is 4.90 Å². The summed E-state index contributed by atoms with van der Waals surface area (Å²) in [5.41, 5.74) is 3.86. The molecule has 2 atom stereocenters. The quantitative estimate of drug-likeness (QED) is 0.646. The van der Waals surface area contributed by atoms with Gasteiger partial charge in [-0.2, -0.15) is 0 Å². The standard InChI is InChI=1S/C20H20BrFN2O2S2/c1-12-3-6-16(7-13(12)2)24-19-11-28(25,26)10-18(19)23-20(24)27-9-14-4-5-15(21)8-17(14)22/h3-8,18-19H,9-11H2,1-2H3/t18-,19-/m0/s1. The molecule has 2 aromatic rings. The number of thioether (sulfide) groups is 1. The van der Waals surface area contributed by atoms with E-state index in [9.17, 15) is 12.8 Å². The minimum atomic E-state index is -3.09. The number of aryl methyl sites for hydroxylation is 2. The Morgan fingerprint density at radius 2 is 1.96 bits per heavy atom. The molecule has 0 aliphatic carbocycles. The van der Waals surface area contributed by atoms with Crippen LogP contribution in [0.3, 0.4) is 0 Å². The molecule has 2 aliphatic rings. The molecule has 0 bridgehead atoms. The summed E-state index contributed by atoms with van der Waals surface area (Å²) in [6, 6.07) is 10.7. The first kappa shape index (κ1) is 19.9. The van der Waals surface area contributed by atoms with Gasteiger partial charge in [-0.15, -0.1) is 0 Å². The number of nitrogens with zero attached hydrogens (tertiary/aromatic N) is 2. The fourth-order valence-electron chi connectivity index (χ4n) is 3.59. The number of aliphatic imine (C=N–C) groups is 1.